The maximum Gasteiger partial charge on any atom is 0.411 e. The van der Waals surface area contributed by atoms with Crippen LogP contribution in [-0.2, 0) is 19.8 Å². The number of carbonyl (C=O) groups excluding carboxylic acids is 1. The first-order valence-electron chi connectivity index (χ1n) is 5.87. The monoisotopic (exact) mass is 291 g/mol. The Balaban J connectivity index is 2.73. The van der Waals surface area contributed by atoms with Gasteiger partial charge in [-0.05, 0) is 5.56 Å². The van der Waals surface area contributed by atoms with Crippen molar-refractivity contribution in [3.8, 4) is 0 Å². The van der Waals surface area contributed by atoms with E-state index in [4.69, 9.17) is 5.73 Å². The van der Waals surface area contributed by atoms with E-state index in [1.165, 1.54) is 7.11 Å². The summed E-state index contributed by atoms with van der Waals surface area (Å²) in [7, 11) is 1.17. The maximum atomic E-state index is 12.0. The Hall–Kier alpha value is -1.60. The van der Waals surface area contributed by atoms with Crippen LogP contribution >= 0.6 is 0 Å². The maximum absolute atomic E-state index is 12.0. The van der Waals surface area contributed by atoms with Crippen molar-refractivity contribution in [1.82, 2.24) is 0 Å². The zero-order chi connectivity index (χ0) is 15.2. The third kappa shape index (κ3) is 4.50. The van der Waals surface area contributed by atoms with Crippen molar-refractivity contribution in [3.63, 3.8) is 0 Å². The second-order valence-corrected chi connectivity index (χ2v) is 4.25. The van der Waals surface area contributed by atoms with Gasteiger partial charge in [0.05, 0.1) is 7.11 Å². The van der Waals surface area contributed by atoms with Gasteiger partial charge in [0.2, 0.25) is 0 Å². The molecule has 1 atom stereocenters. The number of carbonyl (C=O) groups is 1. The van der Waals surface area contributed by atoms with Gasteiger partial charge in [0.15, 0.2) is 0 Å². The van der Waals surface area contributed by atoms with Crippen molar-refractivity contribution in [2.24, 2.45) is 5.73 Å². The highest BCUT2D eigenvalue weighted by Crippen LogP contribution is 2.24. The lowest BCUT2D eigenvalue weighted by atomic mass is 9.88. The molecule has 0 amide bonds. The number of hydrogen-bond acceptors (Lipinski definition) is 4. The fourth-order valence-electron chi connectivity index (χ4n) is 1.70. The summed E-state index contributed by atoms with van der Waals surface area (Å²) in [6.45, 7) is -1.68. The van der Waals surface area contributed by atoms with E-state index < -0.39 is 24.3 Å². The van der Waals surface area contributed by atoms with Crippen molar-refractivity contribution >= 4 is 5.97 Å². The van der Waals surface area contributed by atoms with Crippen molar-refractivity contribution < 1.29 is 27.4 Å². The molecule has 0 aliphatic heterocycles. The zero-order valence-corrected chi connectivity index (χ0v) is 10.9. The van der Waals surface area contributed by atoms with Crippen LogP contribution in [0.4, 0.5) is 13.2 Å². The number of benzene rings is 1. The SMILES string of the molecule is COC(=O)C(N)(CCOCC(F)(F)F)c1ccccc1. The molecule has 4 nitrogen and oxygen atoms in total. The normalized spacial score (nSPS) is 14.7. The first-order valence-corrected chi connectivity index (χ1v) is 5.87. The summed E-state index contributed by atoms with van der Waals surface area (Å²) in [5.41, 5.74) is 4.92. The van der Waals surface area contributed by atoms with E-state index in [0.717, 1.165) is 0 Å². The van der Waals surface area contributed by atoms with E-state index in [9.17, 15) is 18.0 Å². The number of hydrogen-bond donors (Lipinski definition) is 1. The van der Waals surface area contributed by atoms with E-state index in [1.54, 1.807) is 30.3 Å². The summed E-state index contributed by atoms with van der Waals surface area (Å²) >= 11 is 0. The molecule has 20 heavy (non-hydrogen) atoms. The molecule has 0 radical (unpaired) electrons. The minimum absolute atomic E-state index is 0.111. The van der Waals surface area contributed by atoms with Gasteiger partial charge in [-0.25, -0.2) is 4.79 Å². The summed E-state index contributed by atoms with van der Waals surface area (Å²) < 4.78 is 45.0. The Morgan fingerprint density at radius 2 is 1.85 bits per heavy atom. The number of rotatable bonds is 6. The van der Waals surface area contributed by atoms with Crippen LogP contribution in [0.5, 0.6) is 0 Å². The van der Waals surface area contributed by atoms with Crippen molar-refractivity contribution in [2.45, 2.75) is 18.1 Å². The lowest BCUT2D eigenvalue weighted by Crippen LogP contribution is -2.46. The van der Waals surface area contributed by atoms with Crippen molar-refractivity contribution in [2.75, 3.05) is 20.3 Å². The van der Waals surface area contributed by atoms with E-state index >= 15 is 0 Å². The van der Waals surface area contributed by atoms with Crippen LogP contribution in [0.15, 0.2) is 30.3 Å². The van der Waals surface area contributed by atoms with Gasteiger partial charge in [-0.2, -0.15) is 13.2 Å². The molecule has 0 aliphatic carbocycles. The van der Waals surface area contributed by atoms with Crippen LogP contribution in [0.3, 0.4) is 0 Å². The first-order chi connectivity index (χ1) is 9.29. The molecule has 0 aliphatic rings. The predicted molar refractivity (Wildman–Crippen MR) is 65.8 cm³/mol. The van der Waals surface area contributed by atoms with E-state index in [1.807, 2.05) is 0 Å². The first kappa shape index (κ1) is 16.5. The van der Waals surface area contributed by atoms with Crippen LogP contribution in [0.25, 0.3) is 0 Å². The molecule has 0 fully saturated rings. The van der Waals surface area contributed by atoms with Crippen LogP contribution in [0.2, 0.25) is 0 Å². The van der Waals surface area contributed by atoms with Gasteiger partial charge in [-0.1, -0.05) is 30.3 Å². The number of ether oxygens (including phenoxy) is 2. The summed E-state index contributed by atoms with van der Waals surface area (Å²) in [5.74, 6) is -0.723. The molecule has 1 rings (SSSR count). The second kappa shape index (κ2) is 6.71. The van der Waals surface area contributed by atoms with Gasteiger partial charge in [0.25, 0.3) is 0 Å². The predicted octanol–water partition coefficient (Wildman–Crippen LogP) is 1.98. The minimum atomic E-state index is -4.41. The van der Waals surface area contributed by atoms with Crippen LogP contribution in [-0.4, -0.2) is 32.5 Å². The van der Waals surface area contributed by atoms with Crippen LogP contribution in [0, 0.1) is 0 Å². The average molecular weight is 291 g/mol. The molecule has 1 unspecified atom stereocenters. The average Bonchev–Trinajstić information content (AvgIpc) is 2.42. The third-order valence-corrected chi connectivity index (χ3v) is 2.75. The highest BCUT2D eigenvalue weighted by Gasteiger charge is 2.37. The Morgan fingerprint density at radius 1 is 1.25 bits per heavy atom. The Kier molecular flexibility index (Phi) is 5.52. The molecule has 7 heteroatoms. The molecule has 2 N–H and O–H groups in total. The standard InChI is InChI=1S/C13H16F3NO3/c1-19-11(18)12(17,10-5-3-2-4-6-10)7-8-20-9-13(14,15)16/h2-6H,7-9,17H2,1H3. The number of halogens is 3. The zero-order valence-electron chi connectivity index (χ0n) is 10.9. The summed E-state index contributed by atoms with van der Waals surface area (Å²) in [5, 5.41) is 0. The molecule has 0 bridgehead atoms. The molecule has 0 spiro atoms. The third-order valence-electron chi connectivity index (χ3n) is 2.75. The van der Waals surface area contributed by atoms with E-state index in [2.05, 4.69) is 9.47 Å². The van der Waals surface area contributed by atoms with Gasteiger partial charge in [0, 0.05) is 13.0 Å². The molecule has 0 heterocycles. The fraction of sp³-hybridized carbons (Fsp3) is 0.462. The Labute approximate surface area is 114 Å². The van der Waals surface area contributed by atoms with Crippen molar-refractivity contribution in [3.05, 3.63) is 35.9 Å². The highest BCUT2D eigenvalue weighted by atomic mass is 19.4. The van der Waals surface area contributed by atoms with E-state index in [-0.39, 0.29) is 13.0 Å². The number of esters is 1. The highest BCUT2D eigenvalue weighted by molar-refractivity contribution is 5.82. The summed E-state index contributed by atoms with van der Waals surface area (Å²) in [4.78, 5) is 11.8. The fourth-order valence-corrected chi connectivity index (χ4v) is 1.70. The molecule has 0 saturated carbocycles. The lowest BCUT2D eigenvalue weighted by Gasteiger charge is -2.27. The van der Waals surface area contributed by atoms with Gasteiger partial charge >= 0.3 is 12.1 Å². The topological polar surface area (TPSA) is 61.5 Å². The van der Waals surface area contributed by atoms with Crippen LogP contribution < -0.4 is 5.73 Å². The number of methoxy groups -OCH3 is 1. The quantitative estimate of drug-likeness (QED) is 0.643. The molecular formula is C13H16F3NO3. The number of alkyl halides is 3. The largest absolute Gasteiger partial charge is 0.467 e. The molecule has 0 saturated heterocycles. The molecule has 1 aromatic rings. The molecule has 112 valence electrons. The minimum Gasteiger partial charge on any atom is -0.467 e. The molecule has 1 aromatic carbocycles. The van der Waals surface area contributed by atoms with Gasteiger partial charge < -0.3 is 15.2 Å². The van der Waals surface area contributed by atoms with Gasteiger partial charge in [0.1, 0.15) is 12.1 Å². The van der Waals surface area contributed by atoms with Crippen LogP contribution in [0.1, 0.15) is 12.0 Å². The molecule has 0 aromatic heterocycles. The lowest BCUT2D eigenvalue weighted by molar-refractivity contribution is -0.175. The van der Waals surface area contributed by atoms with Crippen molar-refractivity contribution in [1.29, 1.82) is 0 Å². The Bertz CT molecular complexity index is 436. The number of nitrogens with two attached hydrogens (primary N) is 1. The smallest absolute Gasteiger partial charge is 0.411 e. The summed E-state index contributed by atoms with van der Waals surface area (Å²) in [6.07, 6.45) is -4.52. The van der Waals surface area contributed by atoms with E-state index in [0.29, 0.717) is 5.56 Å². The van der Waals surface area contributed by atoms with Gasteiger partial charge in [-0.3, -0.25) is 0 Å². The van der Waals surface area contributed by atoms with Gasteiger partial charge in [-0.15, -0.1) is 0 Å². The molecular weight excluding hydrogens is 275 g/mol. The second-order valence-electron chi connectivity index (χ2n) is 4.25. The Morgan fingerprint density at radius 3 is 2.35 bits per heavy atom. The summed E-state index contributed by atoms with van der Waals surface area (Å²) in [6, 6.07) is 8.32.